The number of amides is 1. The number of rotatable bonds is 6. The van der Waals surface area contributed by atoms with E-state index in [2.05, 4.69) is 62.6 Å². The van der Waals surface area contributed by atoms with Crippen molar-refractivity contribution in [2.75, 3.05) is 13.1 Å². The van der Waals surface area contributed by atoms with Gasteiger partial charge in [-0.3, -0.25) is 20.1 Å². The Morgan fingerprint density at radius 1 is 1.09 bits per heavy atom. The van der Waals surface area contributed by atoms with Gasteiger partial charge < -0.3 is 5.32 Å². The minimum Gasteiger partial charge on any atom is -0.345 e. The predicted octanol–water partition coefficient (Wildman–Crippen LogP) is 3.21. The van der Waals surface area contributed by atoms with Crippen molar-refractivity contribution in [3.63, 3.8) is 0 Å². The number of likely N-dealkylation sites (tertiary alicyclic amines) is 1. The Balaban J connectivity index is 1.13. The highest BCUT2D eigenvalue weighted by Crippen LogP contribution is 2.46. The Bertz CT molecular complexity index is 985. The van der Waals surface area contributed by atoms with E-state index in [0.29, 0.717) is 17.9 Å². The Labute approximate surface area is 196 Å². The standard InChI is InChI=1S/C27H35N5O/c33-26(29-27(10-11-27)22-6-2-1-3-7-22)25-23-15-20(8-9-24(23)30-31-25)21-14-19(16-28-17-21)18-32-12-4-5-13-32/h1-3,6-7,14,16-17,20,23-25,30-31H,4-5,8-13,15,18H2,(H,29,33). The highest BCUT2D eigenvalue weighted by Gasteiger charge is 2.50. The van der Waals surface area contributed by atoms with Gasteiger partial charge in [-0.05, 0) is 80.6 Å². The number of carbonyl (C=O) groups excluding carboxylic acids is 1. The Morgan fingerprint density at radius 2 is 1.91 bits per heavy atom. The van der Waals surface area contributed by atoms with Crippen LogP contribution in [0.5, 0.6) is 0 Å². The summed E-state index contributed by atoms with van der Waals surface area (Å²) in [6.07, 6.45) is 12.0. The molecule has 0 spiro atoms. The Hall–Kier alpha value is -2.28. The van der Waals surface area contributed by atoms with Gasteiger partial charge in [0, 0.05) is 30.9 Å². The van der Waals surface area contributed by atoms with Crippen LogP contribution in [0, 0.1) is 5.92 Å². The maximum atomic E-state index is 13.4. The molecule has 2 saturated heterocycles. The topological polar surface area (TPSA) is 69.3 Å². The van der Waals surface area contributed by atoms with Crippen LogP contribution in [0.4, 0.5) is 0 Å². The highest BCUT2D eigenvalue weighted by molar-refractivity contribution is 5.84. The molecule has 4 aliphatic rings. The molecule has 1 amide bonds. The summed E-state index contributed by atoms with van der Waals surface area (Å²) < 4.78 is 0. The minimum absolute atomic E-state index is 0.137. The highest BCUT2D eigenvalue weighted by atomic mass is 16.2. The number of hydrazine groups is 1. The molecule has 4 unspecified atom stereocenters. The van der Waals surface area contributed by atoms with Crippen molar-refractivity contribution < 1.29 is 4.79 Å². The summed E-state index contributed by atoms with van der Waals surface area (Å²) in [7, 11) is 0. The third-order valence-corrected chi connectivity index (χ3v) is 8.37. The Kier molecular flexibility index (Phi) is 5.68. The molecule has 3 heterocycles. The number of nitrogens with one attached hydrogen (secondary N) is 3. The molecule has 174 valence electrons. The first-order valence-corrected chi connectivity index (χ1v) is 12.7. The van der Waals surface area contributed by atoms with Gasteiger partial charge in [0.15, 0.2) is 0 Å². The second kappa shape index (κ2) is 8.82. The molecular formula is C27H35N5O. The zero-order valence-corrected chi connectivity index (χ0v) is 19.3. The zero-order valence-electron chi connectivity index (χ0n) is 19.3. The fraction of sp³-hybridized carbons (Fsp3) is 0.556. The van der Waals surface area contributed by atoms with Gasteiger partial charge in [-0.25, -0.2) is 5.43 Å². The van der Waals surface area contributed by atoms with Crippen LogP contribution in [0.3, 0.4) is 0 Å². The summed E-state index contributed by atoms with van der Waals surface area (Å²) in [5.41, 5.74) is 10.5. The van der Waals surface area contributed by atoms with E-state index < -0.39 is 0 Å². The molecule has 1 aromatic heterocycles. The summed E-state index contributed by atoms with van der Waals surface area (Å²) in [5, 5.41) is 3.40. The summed E-state index contributed by atoms with van der Waals surface area (Å²) in [5.74, 6) is 0.911. The van der Waals surface area contributed by atoms with Gasteiger partial charge in [-0.2, -0.15) is 0 Å². The third-order valence-electron chi connectivity index (χ3n) is 8.37. The molecule has 2 aliphatic heterocycles. The van der Waals surface area contributed by atoms with Crippen molar-refractivity contribution in [2.45, 2.75) is 75.0 Å². The monoisotopic (exact) mass is 445 g/mol. The van der Waals surface area contributed by atoms with Gasteiger partial charge in [-0.1, -0.05) is 36.4 Å². The van der Waals surface area contributed by atoms with Crippen LogP contribution in [0.25, 0.3) is 0 Å². The van der Waals surface area contributed by atoms with E-state index in [-0.39, 0.29) is 17.5 Å². The molecule has 6 nitrogen and oxygen atoms in total. The van der Waals surface area contributed by atoms with Gasteiger partial charge in [0.25, 0.3) is 0 Å². The first-order valence-electron chi connectivity index (χ1n) is 12.7. The van der Waals surface area contributed by atoms with Gasteiger partial charge in [-0.15, -0.1) is 0 Å². The second-order valence-electron chi connectivity index (χ2n) is 10.6. The van der Waals surface area contributed by atoms with Crippen LogP contribution in [0.2, 0.25) is 0 Å². The van der Waals surface area contributed by atoms with Crippen molar-refractivity contribution in [1.82, 2.24) is 26.1 Å². The molecule has 0 radical (unpaired) electrons. The quantitative estimate of drug-likeness (QED) is 0.637. The first-order chi connectivity index (χ1) is 16.2. The first kappa shape index (κ1) is 21.3. The minimum atomic E-state index is -0.181. The lowest BCUT2D eigenvalue weighted by atomic mass is 9.73. The molecule has 6 heteroatoms. The molecule has 2 aliphatic carbocycles. The maximum absolute atomic E-state index is 13.4. The van der Waals surface area contributed by atoms with E-state index in [0.717, 1.165) is 38.6 Å². The predicted molar refractivity (Wildman–Crippen MR) is 128 cm³/mol. The van der Waals surface area contributed by atoms with Crippen molar-refractivity contribution >= 4 is 5.91 Å². The van der Waals surface area contributed by atoms with Gasteiger partial charge in [0.2, 0.25) is 5.91 Å². The molecule has 3 N–H and O–H groups in total. The van der Waals surface area contributed by atoms with E-state index in [9.17, 15) is 4.79 Å². The van der Waals surface area contributed by atoms with Crippen LogP contribution >= 0.6 is 0 Å². The zero-order chi connectivity index (χ0) is 22.3. The number of hydrogen-bond acceptors (Lipinski definition) is 5. The van der Waals surface area contributed by atoms with Crippen molar-refractivity contribution in [1.29, 1.82) is 0 Å². The lowest BCUT2D eigenvalue weighted by Gasteiger charge is -2.33. The summed E-state index contributed by atoms with van der Waals surface area (Å²) in [6.45, 7) is 3.42. The molecule has 33 heavy (non-hydrogen) atoms. The van der Waals surface area contributed by atoms with Crippen LogP contribution in [-0.2, 0) is 16.9 Å². The molecule has 6 rings (SSSR count). The van der Waals surface area contributed by atoms with Crippen LogP contribution < -0.4 is 16.2 Å². The molecular weight excluding hydrogens is 410 g/mol. The van der Waals surface area contributed by atoms with E-state index in [1.165, 1.54) is 42.6 Å². The Morgan fingerprint density at radius 3 is 2.70 bits per heavy atom. The number of aromatic nitrogens is 1. The smallest absolute Gasteiger partial charge is 0.239 e. The van der Waals surface area contributed by atoms with Gasteiger partial charge >= 0.3 is 0 Å². The van der Waals surface area contributed by atoms with E-state index in [1.54, 1.807) is 0 Å². The van der Waals surface area contributed by atoms with Crippen molar-refractivity contribution in [3.05, 3.63) is 65.5 Å². The van der Waals surface area contributed by atoms with Crippen molar-refractivity contribution in [2.24, 2.45) is 5.92 Å². The number of fused-ring (bicyclic) bond motifs is 1. The molecule has 4 atom stereocenters. The molecule has 4 fully saturated rings. The molecule has 0 bridgehead atoms. The maximum Gasteiger partial charge on any atom is 0.239 e. The van der Waals surface area contributed by atoms with E-state index in [4.69, 9.17) is 0 Å². The van der Waals surface area contributed by atoms with Crippen LogP contribution in [-0.4, -0.2) is 41.0 Å². The van der Waals surface area contributed by atoms with Crippen LogP contribution in [0.1, 0.15) is 67.6 Å². The summed E-state index contributed by atoms with van der Waals surface area (Å²) in [6, 6.07) is 13.0. The average molecular weight is 446 g/mol. The van der Waals surface area contributed by atoms with Gasteiger partial charge in [0.05, 0.1) is 5.54 Å². The summed E-state index contributed by atoms with van der Waals surface area (Å²) in [4.78, 5) is 20.5. The van der Waals surface area contributed by atoms with Crippen LogP contribution in [0.15, 0.2) is 48.8 Å². The largest absolute Gasteiger partial charge is 0.345 e. The number of pyridine rings is 1. The fourth-order valence-electron chi connectivity index (χ4n) is 6.32. The second-order valence-corrected chi connectivity index (χ2v) is 10.6. The lowest BCUT2D eigenvalue weighted by Crippen LogP contribution is -2.49. The van der Waals surface area contributed by atoms with E-state index >= 15 is 0 Å². The number of benzene rings is 1. The van der Waals surface area contributed by atoms with Gasteiger partial charge in [0.1, 0.15) is 6.04 Å². The van der Waals surface area contributed by atoms with E-state index in [1.807, 2.05) is 12.3 Å². The molecule has 2 aromatic rings. The SMILES string of the molecule is O=C(NC1(c2ccccc2)CC1)C1NNC2CCC(c3cncc(CN4CCCC4)c3)CC21. The number of carbonyl (C=O) groups is 1. The molecule has 1 aromatic carbocycles. The normalized spacial score (nSPS) is 30.7. The van der Waals surface area contributed by atoms with Crippen molar-refractivity contribution in [3.8, 4) is 0 Å². The number of nitrogens with zero attached hydrogens (tertiary/aromatic N) is 2. The average Bonchev–Trinajstić information content (AvgIpc) is 3.24. The lowest BCUT2D eigenvalue weighted by molar-refractivity contribution is -0.125. The molecule has 2 saturated carbocycles. The number of hydrogen-bond donors (Lipinski definition) is 3. The fourth-order valence-corrected chi connectivity index (χ4v) is 6.32. The third kappa shape index (κ3) is 4.32. The summed E-state index contributed by atoms with van der Waals surface area (Å²) >= 11 is 0.